The van der Waals surface area contributed by atoms with Crippen LogP contribution in [0, 0.1) is 5.92 Å². The van der Waals surface area contributed by atoms with Crippen LogP contribution in [0.15, 0.2) is 0 Å². The Kier molecular flexibility index (Phi) is 5.98. The summed E-state index contributed by atoms with van der Waals surface area (Å²) in [5, 5.41) is 9.21. The molecule has 1 aliphatic rings. The number of hydrogen-bond acceptors (Lipinski definition) is 4. The first-order valence-corrected chi connectivity index (χ1v) is 6.68. The van der Waals surface area contributed by atoms with Gasteiger partial charge in [-0.25, -0.2) is 0 Å². The highest BCUT2D eigenvalue weighted by Crippen LogP contribution is 2.27. The highest BCUT2D eigenvalue weighted by atomic mass is 32.1. The van der Waals surface area contributed by atoms with Crippen LogP contribution in [0.1, 0.15) is 19.3 Å². The van der Waals surface area contributed by atoms with Crippen molar-refractivity contribution in [2.45, 2.75) is 25.4 Å². The number of thiocarbonyl (C=S) groups is 1. The van der Waals surface area contributed by atoms with Crippen molar-refractivity contribution in [1.82, 2.24) is 9.80 Å². The predicted molar refractivity (Wildman–Crippen MR) is 75.3 cm³/mol. The number of nitrogens with zero attached hydrogens (tertiary/aromatic N) is 2. The second-order valence-corrected chi connectivity index (χ2v) is 5.74. The Hall–Kier alpha value is -0.720. The van der Waals surface area contributed by atoms with Crippen LogP contribution in [0.4, 0.5) is 0 Å². The van der Waals surface area contributed by atoms with E-state index in [1.54, 1.807) is 11.9 Å². The average Bonchev–Trinajstić information content (AvgIpc) is 2.23. The van der Waals surface area contributed by atoms with Crippen LogP contribution in [-0.4, -0.2) is 65.6 Å². The molecule has 0 spiro atoms. The molecule has 1 fully saturated rings. The maximum atomic E-state index is 11.9. The van der Waals surface area contributed by atoms with Gasteiger partial charge in [-0.05, 0) is 25.8 Å². The predicted octanol–water partition coefficient (Wildman–Crippen LogP) is -0.176. The standard InChI is InChI=1S/C12H23N3O2S/c1-14(7-9-5-10(16)6-9)8-12(17)15(2)4-3-11(13)18/h9-10,16H,3-8H2,1-2H3,(H2,13,18). The van der Waals surface area contributed by atoms with E-state index in [2.05, 4.69) is 0 Å². The molecule has 18 heavy (non-hydrogen) atoms. The molecule has 0 atom stereocenters. The van der Waals surface area contributed by atoms with Crippen molar-refractivity contribution in [1.29, 1.82) is 0 Å². The van der Waals surface area contributed by atoms with Gasteiger partial charge in [-0.1, -0.05) is 12.2 Å². The van der Waals surface area contributed by atoms with Crippen LogP contribution < -0.4 is 5.73 Å². The lowest BCUT2D eigenvalue weighted by molar-refractivity contribution is -0.131. The third-order valence-corrected chi connectivity index (χ3v) is 3.51. The van der Waals surface area contributed by atoms with Gasteiger partial charge in [0.2, 0.25) is 5.91 Å². The maximum absolute atomic E-state index is 11.9. The Balaban J connectivity index is 2.19. The van der Waals surface area contributed by atoms with E-state index in [9.17, 15) is 9.90 Å². The van der Waals surface area contributed by atoms with E-state index in [1.807, 2.05) is 11.9 Å². The minimum atomic E-state index is -0.132. The molecule has 0 aliphatic heterocycles. The Morgan fingerprint density at radius 2 is 2.06 bits per heavy atom. The summed E-state index contributed by atoms with van der Waals surface area (Å²) in [6.07, 6.45) is 2.15. The first kappa shape index (κ1) is 15.3. The molecule has 3 N–H and O–H groups in total. The lowest BCUT2D eigenvalue weighted by atomic mass is 9.82. The minimum Gasteiger partial charge on any atom is -0.393 e. The Labute approximate surface area is 114 Å². The molecule has 0 aromatic rings. The van der Waals surface area contributed by atoms with Crippen molar-refractivity contribution < 1.29 is 9.90 Å². The summed E-state index contributed by atoms with van der Waals surface area (Å²) in [6.45, 7) is 1.84. The number of amides is 1. The van der Waals surface area contributed by atoms with Gasteiger partial charge in [0.25, 0.3) is 0 Å². The average molecular weight is 273 g/mol. The van der Waals surface area contributed by atoms with Crippen molar-refractivity contribution >= 4 is 23.1 Å². The van der Waals surface area contributed by atoms with Crippen molar-refractivity contribution in [2.24, 2.45) is 11.7 Å². The molecule has 0 aromatic heterocycles. The van der Waals surface area contributed by atoms with E-state index in [1.165, 1.54) is 0 Å². The topological polar surface area (TPSA) is 69.8 Å². The van der Waals surface area contributed by atoms with E-state index in [0.717, 1.165) is 19.4 Å². The Morgan fingerprint density at radius 3 is 2.56 bits per heavy atom. The molecular formula is C12H23N3O2S. The summed E-state index contributed by atoms with van der Waals surface area (Å²) in [5.74, 6) is 0.605. The first-order valence-electron chi connectivity index (χ1n) is 6.27. The molecule has 0 radical (unpaired) electrons. The second kappa shape index (κ2) is 7.01. The number of nitrogens with two attached hydrogens (primary N) is 1. The molecule has 6 heteroatoms. The van der Waals surface area contributed by atoms with Gasteiger partial charge in [0, 0.05) is 26.6 Å². The highest BCUT2D eigenvalue weighted by molar-refractivity contribution is 7.80. The van der Waals surface area contributed by atoms with Crippen LogP contribution in [0.25, 0.3) is 0 Å². The molecule has 0 saturated heterocycles. The summed E-state index contributed by atoms with van der Waals surface area (Å²) in [4.78, 5) is 16.0. The number of aliphatic hydroxyl groups excluding tert-OH is 1. The SMILES string of the molecule is CN(CC(=O)N(C)CCC(N)=S)CC1CC(O)C1. The van der Waals surface area contributed by atoms with Crippen LogP contribution >= 0.6 is 12.2 Å². The number of carbonyl (C=O) groups excluding carboxylic acids is 1. The van der Waals surface area contributed by atoms with Crippen LogP contribution in [-0.2, 0) is 4.79 Å². The number of rotatable bonds is 7. The highest BCUT2D eigenvalue weighted by Gasteiger charge is 2.28. The quantitative estimate of drug-likeness (QED) is 0.630. The smallest absolute Gasteiger partial charge is 0.236 e. The zero-order valence-electron chi connectivity index (χ0n) is 11.1. The van der Waals surface area contributed by atoms with Gasteiger partial charge in [-0.15, -0.1) is 0 Å². The summed E-state index contributed by atoms with van der Waals surface area (Å²) in [6, 6.07) is 0. The van der Waals surface area contributed by atoms with E-state index < -0.39 is 0 Å². The molecule has 0 bridgehead atoms. The molecule has 0 heterocycles. The molecule has 1 aliphatic carbocycles. The van der Waals surface area contributed by atoms with Gasteiger partial charge in [0.05, 0.1) is 17.6 Å². The van der Waals surface area contributed by atoms with Crippen LogP contribution in [0.3, 0.4) is 0 Å². The van der Waals surface area contributed by atoms with Gasteiger partial charge in [0.15, 0.2) is 0 Å². The molecular weight excluding hydrogens is 250 g/mol. The van der Waals surface area contributed by atoms with E-state index in [0.29, 0.717) is 30.4 Å². The fourth-order valence-electron chi connectivity index (χ4n) is 2.11. The van der Waals surface area contributed by atoms with E-state index >= 15 is 0 Å². The zero-order valence-corrected chi connectivity index (χ0v) is 11.9. The maximum Gasteiger partial charge on any atom is 0.236 e. The third-order valence-electron chi connectivity index (χ3n) is 3.31. The van der Waals surface area contributed by atoms with Crippen molar-refractivity contribution in [3.63, 3.8) is 0 Å². The molecule has 1 saturated carbocycles. The number of hydrogen-bond donors (Lipinski definition) is 2. The van der Waals surface area contributed by atoms with Crippen LogP contribution in [0.5, 0.6) is 0 Å². The largest absolute Gasteiger partial charge is 0.393 e. The molecule has 104 valence electrons. The second-order valence-electron chi connectivity index (χ2n) is 5.22. The van der Waals surface area contributed by atoms with Crippen molar-refractivity contribution in [3.8, 4) is 0 Å². The van der Waals surface area contributed by atoms with Crippen molar-refractivity contribution in [2.75, 3.05) is 33.7 Å². The lowest BCUT2D eigenvalue weighted by Gasteiger charge is -2.34. The van der Waals surface area contributed by atoms with Gasteiger partial charge >= 0.3 is 0 Å². The van der Waals surface area contributed by atoms with E-state index in [4.69, 9.17) is 18.0 Å². The van der Waals surface area contributed by atoms with Gasteiger partial charge in [0.1, 0.15) is 0 Å². The third kappa shape index (κ3) is 5.29. The summed E-state index contributed by atoms with van der Waals surface area (Å²) in [5.41, 5.74) is 5.41. The summed E-state index contributed by atoms with van der Waals surface area (Å²) < 4.78 is 0. The fraction of sp³-hybridized carbons (Fsp3) is 0.833. The molecule has 1 rings (SSSR count). The summed E-state index contributed by atoms with van der Waals surface area (Å²) >= 11 is 4.79. The van der Waals surface area contributed by atoms with Gasteiger partial charge in [-0.2, -0.15) is 0 Å². The summed E-state index contributed by atoms with van der Waals surface area (Å²) in [7, 11) is 3.70. The minimum absolute atomic E-state index is 0.0774. The van der Waals surface area contributed by atoms with Gasteiger partial charge < -0.3 is 15.7 Å². The first-order chi connectivity index (χ1) is 8.38. The fourth-order valence-corrected chi connectivity index (χ4v) is 2.20. The van der Waals surface area contributed by atoms with Gasteiger partial charge in [-0.3, -0.25) is 9.69 Å². The van der Waals surface area contributed by atoms with E-state index in [-0.39, 0.29) is 12.0 Å². The lowest BCUT2D eigenvalue weighted by Crippen LogP contribution is -2.42. The molecule has 5 nitrogen and oxygen atoms in total. The Morgan fingerprint density at radius 1 is 1.44 bits per heavy atom. The number of carbonyl (C=O) groups is 1. The molecule has 0 unspecified atom stereocenters. The molecule has 1 amide bonds. The van der Waals surface area contributed by atoms with Crippen LogP contribution in [0.2, 0.25) is 0 Å². The molecule has 0 aromatic carbocycles. The van der Waals surface area contributed by atoms with Crippen molar-refractivity contribution in [3.05, 3.63) is 0 Å². The normalized spacial score (nSPS) is 22.7. The monoisotopic (exact) mass is 273 g/mol. The zero-order chi connectivity index (χ0) is 13.7. The number of aliphatic hydroxyl groups is 1. The Bertz CT molecular complexity index is 306. The number of likely N-dealkylation sites (N-methyl/N-ethyl adjacent to an activating group) is 2.